The highest BCUT2D eigenvalue weighted by atomic mass is 32.2. The van der Waals surface area contributed by atoms with E-state index in [0.717, 1.165) is 17.7 Å². The van der Waals surface area contributed by atoms with Gasteiger partial charge in [-0.25, -0.2) is 8.42 Å². The summed E-state index contributed by atoms with van der Waals surface area (Å²) < 4.78 is 27.2. The van der Waals surface area contributed by atoms with Gasteiger partial charge >= 0.3 is 0 Å². The molecule has 0 spiro atoms. The Hall–Kier alpha value is -0.950. The van der Waals surface area contributed by atoms with Gasteiger partial charge in [-0.05, 0) is 38.1 Å². The van der Waals surface area contributed by atoms with E-state index in [1.54, 1.807) is 16.4 Å². The van der Waals surface area contributed by atoms with Crippen molar-refractivity contribution in [2.75, 3.05) is 26.7 Å². The maximum absolute atomic E-state index is 12.8. The van der Waals surface area contributed by atoms with E-state index in [4.69, 9.17) is 5.73 Å². The number of piperazine rings is 1. The van der Waals surface area contributed by atoms with Gasteiger partial charge in [0.2, 0.25) is 10.0 Å². The second-order valence-corrected chi connectivity index (χ2v) is 7.34. The quantitative estimate of drug-likeness (QED) is 0.895. The van der Waals surface area contributed by atoms with Crippen molar-refractivity contribution in [3.63, 3.8) is 0 Å². The Kier molecular flexibility index (Phi) is 4.49. The highest BCUT2D eigenvalue weighted by molar-refractivity contribution is 7.89. The minimum absolute atomic E-state index is 0.233. The summed E-state index contributed by atoms with van der Waals surface area (Å²) in [6, 6.07) is 5.55. The maximum atomic E-state index is 12.8. The topological polar surface area (TPSA) is 66.6 Å². The Morgan fingerprint density at radius 1 is 1.35 bits per heavy atom. The number of nitrogens with zero attached hydrogens (tertiary/aromatic N) is 2. The maximum Gasteiger partial charge on any atom is 0.243 e. The van der Waals surface area contributed by atoms with Crippen LogP contribution in [-0.2, 0) is 16.6 Å². The molecule has 0 radical (unpaired) electrons. The molecule has 1 aromatic carbocycles. The van der Waals surface area contributed by atoms with Crippen LogP contribution >= 0.6 is 0 Å². The van der Waals surface area contributed by atoms with Crippen LogP contribution in [-0.4, -0.2) is 50.3 Å². The molecule has 2 rings (SSSR count). The van der Waals surface area contributed by atoms with Crippen molar-refractivity contribution in [3.8, 4) is 0 Å². The van der Waals surface area contributed by atoms with Crippen LogP contribution in [0, 0.1) is 6.92 Å². The molecule has 1 aromatic rings. The molecule has 1 aliphatic heterocycles. The smallest absolute Gasteiger partial charge is 0.243 e. The predicted octanol–water partition coefficient (Wildman–Crippen LogP) is 0.778. The highest BCUT2D eigenvalue weighted by Crippen LogP contribution is 2.24. The van der Waals surface area contributed by atoms with Crippen LogP contribution in [0.5, 0.6) is 0 Å². The van der Waals surface area contributed by atoms with Crippen molar-refractivity contribution in [3.05, 3.63) is 29.3 Å². The Morgan fingerprint density at radius 3 is 2.65 bits per heavy atom. The van der Waals surface area contributed by atoms with Crippen molar-refractivity contribution >= 4 is 10.0 Å². The highest BCUT2D eigenvalue weighted by Gasteiger charge is 2.31. The summed E-state index contributed by atoms with van der Waals surface area (Å²) in [6.45, 7) is 6.06. The number of hydrogen-bond acceptors (Lipinski definition) is 4. The predicted molar refractivity (Wildman–Crippen MR) is 79.9 cm³/mol. The third-order valence-corrected chi connectivity index (χ3v) is 6.17. The SMILES string of the molecule is Cc1c(CN)cccc1S(=O)(=O)N1CCN(C)C(C)C1. The fourth-order valence-electron chi connectivity index (χ4n) is 2.53. The normalized spacial score (nSPS) is 22.1. The number of sulfonamides is 1. The van der Waals surface area contributed by atoms with E-state index in [-0.39, 0.29) is 6.04 Å². The van der Waals surface area contributed by atoms with Gasteiger partial charge in [-0.15, -0.1) is 0 Å². The first-order valence-corrected chi connectivity index (χ1v) is 8.31. The average molecular weight is 297 g/mol. The van der Waals surface area contributed by atoms with Crippen LogP contribution in [0.4, 0.5) is 0 Å². The first-order chi connectivity index (χ1) is 9.37. The summed E-state index contributed by atoms with van der Waals surface area (Å²) in [4.78, 5) is 2.56. The van der Waals surface area contributed by atoms with E-state index >= 15 is 0 Å². The summed E-state index contributed by atoms with van der Waals surface area (Å²) >= 11 is 0. The lowest BCUT2D eigenvalue weighted by atomic mass is 10.1. The van der Waals surface area contributed by atoms with E-state index in [1.807, 2.05) is 27.0 Å². The summed E-state index contributed by atoms with van der Waals surface area (Å²) in [5, 5.41) is 0. The van der Waals surface area contributed by atoms with Crippen LogP contribution in [0.25, 0.3) is 0 Å². The third kappa shape index (κ3) is 2.74. The molecular formula is C14H23N3O2S. The van der Waals surface area contributed by atoms with Gasteiger partial charge in [0.05, 0.1) is 4.90 Å². The van der Waals surface area contributed by atoms with Gasteiger partial charge in [-0.2, -0.15) is 4.31 Å². The van der Waals surface area contributed by atoms with Gasteiger partial charge in [0.1, 0.15) is 0 Å². The van der Waals surface area contributed by atoms with Gasteiger partial charge < -0.3 is 10.6 Å². The zero-order valence-electron chi connectivity index (χ0n) is 12.3. The van der Waals surface area contributed by atoms with Gasteiger partial charge in [0.15, 0.2) is 0 Å². The second kappa shape index (κ2) is 5.81. The fraction of sp³-hybridized carbons (Fsp3) is 0.571. The van der Waals surface area contributed by atoms with Crippen LogP contribution in [0.1, 0.15) is 18.1 Å². The number of nitrogens with two attached hydrogens (primary N) is 1. The second-order valence-electron chi connectivity index (χ2n) is 5.44. The largest absolute Gasteiger partial charge is 0.326 e. The monoisotopic (exact) mass is 297 g/mol. The average Bonchev–Trinajstić information content (AvgIpc) is 2.41. The molecule has 0 aliphatic carbocycles. The molecule has 1 fully saturated rings. The standard InChI is InChI=1S/C14H23N3O2S/c1-11-10-17(8-7-16(11)3)20(18,19)14-6-4-5-13(9-15)12(14)2/h4-6,11H,7-10,15H2,1-3H3. The molecule has 0 bridgehead atoms. The first kappa shape index (κ1) is 15.4. The van der Waals surface area contributed by atoms with Crippen molar-refractivity contribution < 1.29 is 8.42 Å². The molecule has 1 aliphatic rings. The third-order valence-electron chi connectivity index (χ3n) is 4.16. The van der Waals surface area contributed by atoms with Gasteiger partial charge in [-0.1, -0.05) is 12.1 Å². The van der Waals surface area contributed by atoms with Crippen LogP contribution in [0.15, 0.2) is 23.1 Å². The summed E-state index contributed by atoms with van der Waals surface area (Å²) in [6.07, 6.45) is 0. The molecule has 1 unspecified atom stereocenters. The summed E-state index contributed by atoms with van der Waals surface area (Å²) in [5.41, 5.74) is 7.31. The Morgan fingerprint density at radius 2 is 2.05 bits per heavy atom. The van der Waals surface area contributed by atoms with Crippen LogP contribution in [0.3, 0.4) is 0 Å². The molecule has 0 saturated carbocycles. The van der Waals surface area contributed by atoms with Gasteiger partial charge in [-0.3, -0.25) is 0 Å². The lowest BCUT2D eigenvalue weighted by Gasteiger charge is -2.37. The Labute approximate surface area is 121 Å². The van der Waals surface area contributed by atoms with Gasteiger partial charge in [0.25, 0.3) is 0 Å². The molecular weight excluding hydrogens is 274 g/mol. The number of hydrogen-bond donors (Lipinski definition) is 1. The summed E-state index contributed by atoms with van der Waals surface area (Å²) in [7, 11) is -1.41. The van der Waals surface area contributed by atoms with Crippen LogP contribution < -0.4 is 5.73 Å². The van der Waals surface area contributed by atoms with E-state index in [2.05, 4.69) is 4.90 Å². The van der Waals surface area contributed by atoms with E-state index in [1.165, 1.54) is 0 Å². The van der Waals surface area contributed by atoms with Crippen LogP contribution in [0.2, 0.25) is 0 Å². The number of benzene rings is 1. The zero-order chi connectivity index (χ0) is 14.9. The van der Waals surface area contributed by atoms with Crippen molar-refractivity contribution in [2.24, 2.45) is 5.73 Å². The zero-order valence-corrected chi connectivity index (χ0v) is 13.2. The Bertz CT molecular complexity index is 586. The van der Waals surface area contributed by atoms with Crippen molar-refractivity contribution in [2.45, 2.75) is 31.3 Å². The molecule has 0 aromatic heterocycles. The molecule has 5 nitrogen and oxygen atoms in total. The first-order valence-electron chi connectivity index (χ1n) is 6.87. The molecule has 112 valence electrons. The van der Waals surface area contributed by atoms with Gasteiger partial charge in [0, 0.05) is 32.2 Å². The molecule has 1 heterocycles. The van der Waals surface area contributed by atoms with E-state index in [9.17, 15) is 8.42 Å². The minimum atomic E-state index is -3.43. The molecule has 2 N–H and O–H groups in total. The van der Waals surface area contributed by atoms with E-state index < -0.39 is 10.0 Å². The molecule has 1 saturated heterocycles. The van der Waals surface area contributed by atoms with E-state index in [0.29, 0.717) is 24.5 Å². The fourth-order valence-corrected chi connectivity index (χ4v) is 4.31. The molecule has 6 heteroatoms. The molecule has 20 heavy (non-hydrogen) atoms. The molecule has 0 amide bonds. The summed E-state index contributed by atoms with van der Waals surface area (Å²) in [5.74, 6) is 0. The Balaban J connectivity index is 2.36. The lowest BCUT2D eigenvalue weighted by molar-refractivity contribution is 0.159. The lowest BCUT2D eigenvalue weighted by Crippen LogP contribution is -2.51. The van der Waals surface area contributed by atoms with Crippen molar-refractivity contribution in [1.29, 1.82) is 0 Å². The minimum Gasteiger partial charge on any atom is -0.326 e. The number of likely N-dealkylation sites (N-methyl/N-ethyl adjacent to an activating group) is 1. The molecule has 1 atom stereocenters. The van der Waals surface area contributed by atoms with Crippen molar-refractivity contribution in [1.82, 2.24) is 9.21 Å². The number of rotatable bonds is 3.